The van der Waals surface area contributed by atoms with Gasteiger partial charge in [0.2, 0.25) is 0 Å². The fraction of sp³-hybridized carbons (Fsp3) is 0.200. The summed E-state index contributed by atoms with van der Waals surface area (Å²) in [5.41, 5.74) is 4.09. The van der Waals surface area contributed by atoms with Gasteiger partial charge in [0.05, 0.1) is 35.0 Å². The lowest BCUT2D eigenvalue weighted by Gasteiger charge is -2.24. The van der Waals surface area contributed by atoms with Crippen molar-refractivity contribution in [3.8, 4) is 17.2 Å². The average Bonchev–Trinajstić information content (AvgIpc) is 2.85. The second-order valence-electron chi connectivity index (χ2n) is 7.60. The van der Waals surface area contributed by atoms with E-state index in [1.165, 1.54) is 31.5 Å². The lowest BCUT2D eigenvalue weighted by Crippen LogP contribution is -2.39. The number of halogens is 1. The number of nitrogens with one attached hydrogen (secondary N) is 1. The van der Waals surface area contributed by atoms with Crippen LogP contribution < -0.4 is 19.2 Å². The number of anilines is 1. The summed E-state index contributed by atoms with van der Waals surface area (Å²) in [5.74, 6) is 0.0908. The van der Waals surface area contributed by atoms with Crippen molar-refractivity contribution in [1.82, 2.24) is 5.43 Å². The second-order valence-corrected chi connectivity index (χ2v) is 10.3. The van der Waals surface area contributed by atoms with Gasteiger partial charge in [-0.05, 0) is 83.9 Å². The molecule has 3 rings (SSSR count). The zero-order chi connectivity index (χ0) is 26.3. The van der Waals surface area contributed by atoms with E-state index >= 15 is 0 Å². The minimum Gasteiger partial charge on any atom is -0.503 e. The Labute approximate surface area is 218 Å². The minimum atomic E-state index is -4.06. The van der Waals surface area contributed by atoms with Crippen LogP contribution in [0.2, 0.25) is 0 Å². The number of hydrogen-bond donors (Lipinski definition) is 2. The van der Waals surface area contributed by atoms with E-state index in [0.717, 1.165) is 9.87 Å². The van der Waals surface area contributed by atoms with Crippen molar-refractivity contribution in [2.75, 3.05) is 24.6 Å². The van der Waals surface area contributed by atoms with Crippen LogP contribution in [-0.4, -0.2) is 45.9 Å². The van der Waals surface area contributed by atoms with Crippen molar-refractivity contribution in [3.05, 3.63) is 76.3 Å². The molecule has 0 bridgehead atoms. The van der Waals surface area contributed by atoms with Gasteiger partial charge in [0.1, 0.15) is 12.3 Å². The van der Waals surface area contributed by atoms with Crippen molar-refractivity contribution in [3.63, 3.8) is 0 Å². The highest BCUT2D eigenvalue weighted by Gasteiger charge is 2.27. The highest BCUT2D eigenvalue weighted by Crippen LogP contribution is 2.34. The quantitative estimate of drug-likeness (QED) is 0.276. The Balaban J connectivity index is 1.84. The van der Waals surface area contributed by atoms with E-state index in [1.54, 1.807) is 42.5 Å². The van der Waals surface area contributed by atoms with E-state index < -0.39 is 22.5 Å². The number of aryl methyl sites for hydroxylation is 1. The molecule has 2 N–H and O–H groups in total. The molecule has 0 fully saturated rings. The van der Waals surface area contributed by atoms with Crippen LogP contribution in [0.15, 0.2) is 75.1 Å². The number of benzene rings is 3. The third-order valence-corrected chi connectivity index (χ3v) is 7.40. The highest BCUT2D eigenvalue weighted by atomic mass is 79.9. The number of aromatic hydroxyl groups is 1. The number of phenolic OH excluding ortho intramolecular Hbond substituents is 1. The van der Waals surface area contributed by atoms with Gasteiger partial charge >= 0.3 is 0 Å². The van der Waals surface area contributed by atoms with Crippen molar-refractivity contribution >= 4 is 43.8 Å². The maximum Gasteiger partial charge on any atom is 0.264 e. The molecule has 0 aliphatic rings. The first-order chi connectivity index (χ1) is 17.1. The molecule has 0 radical (unpaired) electrons. The van der Waals surface area contributed by atoms with Crippen molar-refractivity contribution in [2.24, 2.45) is 5.10 Å². The maximum absolute atomic E-state index is 13.5. The lowest BCUT2D eigenvalue weighted by molar-refractivity contribution is -0.119. The number of rotatable bonds is 10. The molecule has 3 aromatic carbocycles. The fourth-order valence-electron chi connectivity index (χ4n) is 3.20. The largest absolute Gasteiger partial charge is 0.503 e. The summed E-state index contributed by atoms with van der Waals surface area (Å²) in [6.45, 7) is 3.66. The summed E-state index contributed by atoms with van der Waals surface area (Å²) in [5, 5.41) is 13.8. The number of carbonyl (C=O) groups excluding carboxylic acids is 1. The lowest BCUT2D eigenvalue weighted by atomic mass is 10.2. The van der Waals surface area contributed by atoms with Crippen LogP contribution in [0.5, 0.6) is 17.2 Å². The van der Waals surface area contributed by atoms with Gasteiger partial charge < -0.3 is 14.6 Å². The zero-order valence-corrected chi connectivity index (χ0v) is 22.3. The Morgan fingerprint density at radius 3 is 2.42 bits per heavy atom. The SMILES string of the molecule is CCOc1ccc(N(CC(=O)N/N=C\c2cc(Br)c(O)c(OC)c2)S(=O)(=O)c2ccc(C)cc2)cc1. The molecule has 0 aliphatic carbocycles. The summed E-state index contributed by atoms with van der Waals surface area (Å²) in [6.07, 6.45) is 1.35. The standard InChI is InChI=1S/C25H26BrN3O6S/c1-4-35-20-9-7-19(8-10-20)29(36(32,33)21-11-5-17(2)6-12-21)16-24(30)28-27-15-18-13-22(26)25(31)23(14-18)34-3/h5-15,31H,4,16H2,1-3H3,(H,28,30)/b27-15-. The summed E-state index contributed by atoms with van der Waals surface area (Å²) < 4.78 is 38.9. The molecule has 0 unspecified atom stereocenters. The predicted molar refractivity (Wildman–Crippen MR) is 141 cm³/mol. The Hall–Kier alpha value is -3.57. The molecule has 0 spiro atoms. The van der Waals surface area contributed by atoms with Crippen LogP contribution in [0, 0.1) is 6.92 Å². The Morgan fingerprint density at radius 2 is 1.81 bits per heavy atom. The number of methoxy groups -OCH3 is 1. The molecule has 0 saturated carbocycles. The van der Waals surface area contributed by atoms with Gasteiger partial charge in [-0.15, -0.1) is 0 Å². The molecule has 36 heavy (non-hydrogen) atoms. The summed E-state index contributed by atoms with van der Waals surface area (Å²) >= 11 is 3.22. The molecule has 9 nitrogen and oxygen atoms in total. The number of ether oxygens (including phenoxy) is 2. The van der Waals surface area contributed by atoms with Crippen molar-refractivity contribution in [2.45, 2.75) is 18.7 Å². The normalized spacial score (nSPS) is 11.3. The van der Waals surface area contributed by atoms with Gasteiger partial charge in [-0.1, -0.05) is 17.7 Å². The third-order valence-electron chi connectivity index (χ3n) is 5.01. The van der Waals surface area contributed by atoms with Crippen molar-refractivity contribution in [1.29, 1.82) is 0 Å². The molecule has 3 aromatic rings. The molecular weight excluding hydrogens is 550 g/mol. The topological polar surface area (TPSA) is 118 Å². The van der Waals surface area contributed by atoms with Gasteiger partial charge in [-0.3, -0.25) is 9.10 Å². The monoisotopic (exact) mass is 575 g/mol. The number of sulfonamides is 1. The van der Waals surface area contributed by atoms with Crippen LogP contribution in [0.4, 0.5) is 5.69 Å². The Kier molecular flexibility index (Phi) is 8.94. The molecule has 11 heteroatoms. The first kappa shape index (κ1) is 27.0. The highest BCUT2D eigenvalue weighted by molar-refractivity contribution is 9.10. The zero-order valence-electron chi connectivity index (χ0n) is 19.9. The molecule has 190 valence electrons. The third kappa shape index (κ3) is 6.55. The fourth-order valence-corrected chi connectivity index (χ4v) is 5.08. The van der Waals surface area contributed by atoms with E-state index in [1.807, 2.05) is 13.8 Å². The van der Waals surface area contributed by atoms with Crippen LogP contribution in [0.25, 0.3) is 0 Å². The predicted octanol–water partition coefficient (Wildman–Crippen LogP) is 4.22. The van der Waals surface area contributed by atoms with Crippen molar-refractivity contribution < 1.29 is 27.8 Å². The Bertz CT molecular complexity index is 1340. The number of phenols is 1. The first-order valence-corrected chi connectivity index (χ1v) is 13.1. The van der Waals surface area contributed by atoms with E-state index in [-0.39, 0.29) is 16.4 Å². The van der Waals surface area contributed by atoms with Gasteiger partial charge in [0, 0.05) is 0 Å². The van der Waals surface area contributed by atoms with Gasteiger partial charge in [-0.2, -0.15) is 5.10 Å². The van der Waals surface area contributed by atoms with E-state index in [2.05, 4.69) is 26.5 Å². The Morgan fingerprint density at radius 1 is 1.14 bits per heavy atom. The molecule has 1 amide bonds. The van der Waals surface area contributed by atoms with Gasteiger partial charge in [-0.25, -0.2) is 13.8 Å². The first-order valence-electron chi connectivity index (χ1n) is 10.9. The molecule has 0 aromatic heterocycles. The van der Waals surface area contributed by atoms with Crippen LogP contribution in [0.1, 0.15) is 18.1 Å². The van der Waals surface area contributed by atoms with Crippen LogP contribution in [-0.2, 0) is 14.8 Å². The van der Waals surface area contributed by atoms with E-state index in [4.69, 9.17) is 9.47 Å². The molecular formula is C25H26BrN3O6S. The number of carbonyl (C=O) groups is 1. The summed E-state index contributed by atoms with van der Waals surface area (Å²) in [6, 6.07) is 15.9. The maximum atomic E-state index is 13.5. The van der Waals surface area contributed by atoms with E-state index in [9.17, 15) is 18.3 Å². The molecule has 0 saturated heterocycles. The van der Waals surface area contributed by atoms with Crippen LogP contribution >= 0.6 is 15.9 Å². The number of nitrogens with zero attached hydrogens (tertiary/aromatic N) is 2. The van der Waals surface area contributed by atoms with E-state index in [0.29, 0.717) is 28.1 Å². The average molecular weight is 576 g/mol. The summed E-state index contributed by atoms with van der Waals surface area (Å²) in [4.78, 5) is 12.8. The summed E-state index contributed by atoms with van der Waals surface area (Å²) in [7, 11) is -2.65. The minimum absolute atomic E-state index is 0.0549. The second kappa shape index (κ2) is 11.9. The molecule has 0 atom stereocenters. The van der Waals surface area contributed by atoms with Crippen LogP contribution in [0.3, 0.4) is 0 Å². The molecule has 0 heterocycles. The number of hydrogen-bond acceptors (Lipinski definition) is 7. The number of amides is 1. The smallest absolute Gasteiger partial charge is 0.264 e. The number of hydrazone groups is 1. The van der Waals surface area contributed by atoms with Gasteiger partial charge in [0.25, 0.3) is 15.9 Å². The molecule has 0 aliphatic heterocycles. The van der Waals surface area contributed by atoms with Gasteiger partial charge in [0.15, 0.2) is 11.5 Å².